The molecule has 2 N–H and O–H groups in total. The highest BCUT2D eigenvalue weighted by Gasteiger charge is 2.30. The summed E-state index contributed by atoms with van der Waals surface area (Å²) >= 11 is 0. The summed E-state index contributed by atoms with van der Waals surface area (Å²) in [6.45, 7) is 0.709. The number of hydrogen-bond donors (Lipinski definition) is 2. The van der Waals surface area contributed by atoms with Crippen molar-refractivity contribution >= 4 is 16.8 Å². The van der Waals surface area contributed by atoms with Crippen molar-refractivity contribution in [3.8, 4) is 0 Å². The van der Waals surface area contributed by atoms with Crippen LogP contribution < -0.4 is 5.32 Å². The number of rotatable bonds is 4. The maximum atomic E-state index is 11.2. The molecule has 2 rings (SSSR count). The number of nitrogens with one attached hydrogen (secondary N) is 1. The molecular weight excluding hydrogens is 242 g/mol. The molecule has 17 heavy (non-hydrogen) atoms. The van der Waals surface area contributed by atoms with Crippen molar-refractivity contribution in [2.45, 2.75) is 43.9 Å². The molecule has 0 aromatic rings. The van der Waals surface area contributed by atoms with E-state index in [1.165, 1.54) is 0 Å². The van der Waals surface area contributed by atoms with Crippen LogP contribution >= 0.6 is 0 Å². The Hall–Kier alpha value is -0.460. The molecule has 0 aromatic heterocycles. The molecule has 98 valence electrons. The molecule has 6 heteroatoms. The van der Waals surface area contributed by atoms with Crippen LogP contribution in [0, 0.1) is 0 Å². The van der Waals surface area contributed by atoms with E-state index in [1.54, 1.807) is 0 Å². The Morgan fingerprint density at radius 2 is 2.00 bits per heavy atom. The number of ether oxygens (including phenoxy) is 1. The molecule has 0 spiro atoms. The smallest absolute Gasteiger partial charge is 0.332 e. The quantitative estimate of drug-likeness (QED) is 0.752. The molecule has 2 aliphatic rings. The van der Waals surface area contributed by atoms with Gasteiger partial charge in [0.2, 0.25) is 0 Å². The van der Waals surface area contributed by atoms with Crippen molar-refractivity contribution < 1.29 is 18.8 Å². The minimum absolute atomic E-state index is 0.0172. The molecule has 0 bridgehead atoms. The van der Waals surface area contributed by atoms with E-state index in [1.807, 2.05) is 0 Å². The van der Waals surface area contributed by atoms with Gasteiger partial charge in [-0.3, -0.25) is 4.21 Å². The predicted octanol–water partition coefficient (Wildman–Crippen LogP) is 0.119. The third-order valence-electron chi connectivity index (χ3n) is 3.41. The average molecular weight is 261 g/mol. The lowest BCUT2D eigenvalue weighted by Gasteiger charge is -2.24. The summed E-state index contributed by atoms with van der Waals surface area (Å²) in [5, 5.41) is 12.2. The van der Waals surface area contributed by atoms with Crippen molar-refractivity contribution in [1.82, 2.24) is 5.32 Å². The predicted molar refractivity (Wildman–Crippen MR) is 64.4 cm³/mol. The second-order valence-electron chi connectivity index (χ2n) is 4.69. The second kappa shape index (κ2) is 5.93. The third-order valence-corrected chi connectivity index (χ3v) is 4.79. The molecular formula is C11H19NO4S. The molecule has 2 saturated heterocycles. The number of aliphatic carboxylic acids is 1. The Bertz CT molecular complexity index is 300. The van der Waals surface area contributed by atoms with E-state index in [0.29, 0.717) is 19.0 Å². The van der Waals surface area contributed by atoms with Crippen LogP contribution in [0.3, 0.4) is 0 Å². The fourth-order valence-corrected chi connectivity index (χ4v) is 3.63. The van der Waals surface area contributed by atoms with Gasteiger partial charge < -0.3 is 15.2 Å². The van der Waals surface area contributed by atoms with Crippen LogP contribution in [0.5, 0.6) is 0 Å². The van der Waals surface area contributed by atoms with Crippen molar-refractivity contribution in [1.29, 1.82) is 0 Å². The highest BCUT2D eigenvalue weighted by Crippen LogP contribution is 2.19. The van der Waals surface area contributed by atoms with Gasteiger partial charge in [-0.05, 0) is 25.7 Å². The summed E-state index contributed by atoms with van der Waals surface area (Å²) in [5.74, 6) is 0.697. The van der Waals surface area contributed by atoms with Gasteiger partial charge >= 0.3 is 5.97 Å². The minimum atomic E-state index is -0.861. The standard InChI is InChI=1S/C11H19NO4S/c13-11(14)10-2-1-9(16-10)7-12-8-3-5-17(15)6-4-8/h8-10,12H,1-7H2,(H,13,14). The molecule has 5 nitrogen and oxygen atoms in total. The maximum Gasteiger partial charge on any atom is 0.332 e. The van der Waals surface area contributed by atoms with E-state index >= 15 is 0 Å². The van der Waals surface area contributed by atoms with E-state index in [-0.39, 0.29) is 6.10 Å². The molecule has 0 saturated carbocycles. The Morgan fingerprint density at radius 1 is 1.29 bits per heavy atom. The normalized spacial score (nSPS) is 38.1. The van der Waals surface area contributed by atoms with Crippen molar-refractivity contribution in [3.05, 3.63) is 0 Å². The Morgan fingerprint density at radius 3 is 2.59 bits per heavy atom. The average Bonchev–Trinajstić information content (AvgIpc) is 2.77. The second-order valence-corrected chi connectivity index (χ2v) is 6.39. The Labute approximate surface area is 103 Å². The largest absolute Gasteiger partial charge is 0.479 e. The van der Waals surface area contributed by atoms with Crippen molar-refractivity contribution in [3.63, 3.8) is 0 Å². The van der Waals surface area contributed by atoms with Gasteiger partial charge in [0.05, 0.1) is 6.10 Å². The lowest BCUT2D eigenvalue weighted by molar-refractivity contribution is -0.149. The molecule has 2 aliphatic heterocycles. The zero-order chi connectivity index (χ0) is 12.3. The number of hydrogen-bond acceptors (Lipinski definition) is 4. The van der Waals surface area contributed by atoms with Gasteiger partial charge in [0, 0.05) is 34.9 Å². The lowest BCUT2D eigenvalue weighted by Crippen LogP contribution is -2.40. The zero-order valence-corrected chi connectivity index (χ0v) is 10.6. The van der Waals surface area contributed by atoms with Crippen LogP contribution in [-0.4, -0.2) is 51.6 Å². The first-order valence-corrected chi connectivity index (χ1v) is 7.60. The molecule has 0 amide bonds. The maximum absolute atomic E-state index is 11.2. The Balaban J connectivity index is 1.66. The molecule has 0 aliphatic carbocycles. The van der Waals surface area contributed by atoms with Crippen LogP contribution in [-0.2, 0) is 20.3 Å². The van der Waals surface area contributed by atoms with E-state index in [4.69, 9.17) is 9.84 Å². The van der Waals surface area contributed by atoms with Crippen LogP contribution in [0.2, 0.25) is 0 Å². The molecule has 2 atom stereocenters. The van der Waals surface area contributed by atoms with Gasteiger partial charge in [-0.2, -0.15) is 0 Å². The Kier molecular flexibility index (Phi) is 4.53. The van der Waals surface area contributed by atoms with Crippen LogP contribution in [0.25, 0.3) is 0 Å². The lowest BCUT2D eigenvalue weighted by atomic mass is 10.1. The van der Waals surface area contributed by atoms with E-state index in [2.05, 4.69) is 5.32 Å². The molecule has 0 radical (unpaired) electrons. The summed E-state index contributed by atoms with van der Waals surface area (Å²) in [7, 11) is -0.627. The first-order chi connectivity index (χ1) is 8.15. The summed E-state index contributed by atoms with van der Waals surface area (Å²) < 4.78 is 16.6. The van der Waals surface area contributed by atoms with Gasteiger partial charge in [0.1, 0.15) is 0 Å². The highest BCUT2D eigenvalue weighted by atomic mass is 32.2. The topological polar surface area (TPSA) is 75.6 Å². The van der Waals surface area contributed by atoms with Crippen LogP contribution in [0.1, 0.15) is 25.7 Å². The van der Waals surface area contributed by atoms with Gasteiger partial charge in [0.25, 0.3) is 0 Å². The van der Waals surface area contributed by atoms with E-state index < -0.39 is 22.9 Å². The monoisotopic (exact) mass is 261 g/mol. The summed E-state index contributed by atoms with van der Waals surface area (Å²) in [5.41, 5.74) is 0. The van der Waals surface area contributed by atoms with Crippen LogP contribution in [0.15, 0.2) is 0 Å². The fourth-order valence-electron chi connectivity index (χ4n) is 2.33. The fraction of sp³-hybridized carbons (Fsp3) is 0.909. The van der Waals surface area contributed by atoms with Gasteiger partial charge in [-0.25, -0.2) is 4.79 Å². The summed E-state index contributed by atoms with van der Waals surface area (Å²) in [4.78, 5) is 10.7. The minimum Gasteiger partial charge on any atom is -0.479 e. The van der Waals surface area contributed by atoms with Gasteiger partial charge in [0.15, 0.2) is 6.10 Å². The van der Waals surface area contributed by atoms with Crippen LogP contribution in [0.4, 0.5) is 0 Å². The first-order valence-electron chi connectivity index (χ1n) is 6.12. The zero-order valence-electron chi connectivity index (χ0n) is 9.76. The third kappa shape index (κ3) is 3.76. The SMILES string of the molecule is O=C(O)C1CCC(CNC2CCS(=O)CC2)O1. The van der Waals surface area contributed by atoms with Crippen molar-refractivity contribution in [2.24, 2.45) is 0 Å². The molecule has 2 fully saturated rings. The number of carboxylic acid groups (broad SMARTS) is 1. The highest BCUT2D eigenvalue weighted by molar-refractivity contribution is 7.85. The molecule has 2 heterocycles. The first kappa shape index (κ1) is 13.0. The van der Waals surface area contributed by atoms with E-state index in [9.17, 15) is 9.00 Å². The summed E-state index contributed by atoms with van der Waals surface area (Å²) in [6.07, 6.45) is 2.70. The number of carbonyl (C=O) groups is 1. The van der Waals surface area contributed by atoms with Gasteiger partial charge in [-0.15, -0.1) is 0 Å². The van der Waals surface area contributed by atoms with Gasteiger partial charge in [-0.1, -0.05) is 0 Å². The molecule has 2 unspecified atom stereocenters. The number of carboxylic acids is 1. The van der Waals surface area contributed by atoms with E-state index in [0.717, 1.165) is 30.8 Å². The van der Waals surface area contributed by atoms with Crippen molar-refractivity contribution in [2.75, 3.05) is 18.1 Å². The molecule has 0 aromatic carbocycles. The summed E-state index contributed by atoms with van der Waals surface area (Å²) in [6, 6.07) is 0.417.